The van der Waals surface area contributed by atoms with Crippen LogP contribution in [0.25, 0.3) is 0 Å². The molecule has 2 amide bonds. The van der Waals surface area contributed by atoms with Crippen molar-refractivity contribution in [2.75, 3.05) is 13.7 Å². The maximum Gasteiger partial charge on any atom is 0.312 e. The van der Waals surface area contributed by atoms with Gasteiger partial charge in [-0.25, -0.2) is 4.79 Å². The number of amides is 2. The molecule has 1 aromatic carbocycles. The molecule has 15 heavy (non-hydrogen) atoms. The Bertz CT molecular complexity index is 326. The Balaban J connectivity index is 2.33. The van der Waals surface area contributed by atoms with Crippen molar-refractivity contribution in [3.05, 3.63) is 29.8 Å². The first-order valence-corrected chi connectivity index (χ1v) is 4.88. The van der Waals surface area contributed by atoms with Gasteiger partial charge >= 0.3 is 6.03 Å². The van der Waals surface area contributed by atoms with Crippen LogP contribution in [-0.2, 0) is 6.42 Å². The standard InChI is InChI=1S/C11H16N2O2/c1-15-10-6-2-4-9(8-10)5-3-7-13-11(12)14/h2,4,6,8H,3,5,7H2,1H3,(H3,12,13,14). The second-order valence-corrected chi connectivity index (χ2v) is 3.25. The number of methoxy groups -OCH3 is 1. The molecule has 82 valence electrons. The lowest BCUT2D eigenvalue weighted by molar-refractivity contribution is 0.249. The van der Waals surface area contributed by atoms with Gasteiger partial charge in [0.25, 0.3) is 0 Å². The molecule has 4 nitrogen and oxygen atoms in total. The van der Waals surface area contributed by atoms with E-state index in [2.05, 4.69) is 5.32 Å². The summed E-state index contributed by atoms with van der Waals surface area (Å²) in [5, 5.41) is 2.55. The van der Waals surface area contributed by atoms with E-state index in [0.29, 0.717) is 6.54 Å². The highest BCUT2D eigenvalue weighted by molar-refractivity contribution is 5.71. The molecule has 1 aromatic rings. The Labute approximate surface area is 89.4 Å². The second-order valence-electron chi connectivity index (χ2n) is 3.25. The van der Waals surface area contributed by atoms with Crippen molar-refractivity contribution >= 4 is 6.03 Å². The number of nitrogens with two attached hydrogens (primary N) is 1. The van der Waals surface area contributed by atoms with E-state index < -0.39 is 6.03 Å². The number of hydrogen-bond donors (Lipinski definition) is 2. The fraction of sp³-hybridized carbons (Fsp3) is 0.364. The van der Waals surface area contributed by atoms with E-state index in [1.165, 1.54) is 5.56 Å². The van der Waals surface area contributed by atoms with Crippen LogP contribution in [0.4, 0.5) is 4.79 Å². The van der Waals surface area contributed by atoms with E-state index in [9.17, 15) is 4.79 Å². The van der Waals surface area contributed by atoms with Crippen molar-refractivity contribution in [3.8, 4) is 5.75 Å². The SMILES string of the molecule is COc1cccc(CCCNC(N)=O)c1. The molecule has 0 heterocycles. The third kappa shape index (κ3) is 4.35. The molecule has 0 aliphatic heterocycles. The number of benzene rings is 1. The zero-order chi connectivity index (χ0) is 11.1. The van der Waals surface area contributed by atoms with Crippen molar-refractivity contribution in [1.29, 1.82) is 0 Å². The fourth-order valence-electron chi connectivity index (χ4n) is 1.33. The molecule has 0 radical (unpaired) electrons. The molecule has 1 rings (SSSR count). The quantitative estimate of drug-likeness (QED) is 0.716. The van der Waals surface area contributed by atoms with Crippen LogP contribution in [0.15, 0.2) is 24.3 Å². The fourth-order valence-corrected chi connectivity index (χ4v) is 1.33. The lowest BCUT2D eigenvalue weighted by Crippen LogP contribution is -2.30. The lowest BCUT2D eigenvalue weighted by Gasteiger charge is -2.04. The van der Waals surface area contributed by atoms with Gasteiger partial charge in [0.15, 0.2) is 0 Å². The molecule has 0 saturated carbocycles. The minimum absolute atomic E-state index is 0.472. The monoisotopic (exact) mass is 208 g/mol. The first kappa shape index (κ1) is 11.4. The van der Waals surface area contributed by atoms with E-state index in [1.54, 1.807) is 7.11 Å². The van der Waals surface area contributed by atoms with Crippen LogP contribution in [0.3, 0.4) is 0 Å². The van der Waals surface area contributed by atoms with Gasteiger partial charge in [-0.3, -0.25) is 0 Å². The van der Waals surface area contributed by atoms with E-state index in [-0.39, 0.29) is 0 Å². The molecule has 0 fully saturated rings. The van der Waals surface area contributed by atoms with Crippen LogP contribution < -0.4 is 15.8 Å². The molecule has 0 saturated heterocycles. The molecule has 4 heteroatoms. The summed E-state index contributed by atoms with van der Waals surface area (Å²) < 4.78 is 5.11. The van der Waals surface area contributed by atoms with Crippen LogP contribution in [-0.4, -0.2) is 19.7 Å². The number of urea groups is 1. The Morgan fingerprint density at radius 2 is 2.33 bits per heavy atom. The molecular weight excluding hydrogens is 192 g/mol. The number of primary amides is 1. The minimum Gasteiger partial charge on any atom is -0.497 e. The van der Waals surface area contributed by atoms with Gasteiger partial charge in [-0.1, -0.05) is 12.1 Å². The Kier molecular flexibility index (Phi) is 4.47. The lowest BCUT2D eigenvalue weighted by atomic mass is 10.1. The maximum absolute atomic E-state index is 10.4. The minimum atomic E-state index is -0.472. The predicted octanol–water partition coefficient (Wildman–Crippen LogP) is 1.30. The van der Waals surface area contributed by atoms with Crippen LogP contribution in [0.2, 0.25) is 0 Å². The summed E-state index contributed by atoms with van der Waals surface area (Å²) in [6.07, 6.45) is 1.77. The van der Waals surface area contributed by atoms with Gasteiger partial charge in [0.1, 0.15) is 5.75 Å². The topological polar surface area (TPSA) is 64.3 Å². The largest absolute Gasteiger partial charge is 0.497 e. The second kappa shape index (κ2) is 5.90. The van der Waals surface area contributed by atoms with Gasteiger partial charge in [0.05, 0.1) is 7.11 Å². The zero-order valence-electron chi connectivity index (χ0n) is 8.82. The number of hydrogen-bond acceptors (Lipinski definition) is 2. The van der Waals surface area contributed by atoms with Crippen LogP contribution in [0.5, 0.6) is 5.75 Å². The number of carbonyl (C=O) groups excluding carboxylic acids is 1. The number of aryl methyl sites for hydroxylation is 1. The van der Waals surface area contributed by atoms with Crippen LogP contribution >= 0.6 is 0 Å². The Hall–Kier alpha value is -1.71. The zero-order valence-corrected chi connectivity index (χ0v) is 8.82. The number of carbonyl (C=O) groups is 1. The molecule has 0 unspecified atom stereocenters. The van der Waals surface area contributed by atoms with Gasteiger partial charge in [-0.15, -0.1) is 0 Å². The average molecular weight is 208 g/mol. The molecule has 0 bridgehead atoms. The van der Waals surface area contributed by atoms with E-state index in [1.807, 2.05) is 24.3 Å². The van der Waals surface area contributed by atoms with Gasteiger partial charge in [-0.05, 0) is 30.5 Å². The maximum atomic E-state index is 10.4. The summed E-state index contributed by atoms with van der Waals surface area (Å²) in [4.78, 5) is 10.4. The molecular formula is C11H16N2O2. The van der Waals surface area contributed by atoms with Crippen molar-refractivity contribution in [2.24, 2.45) is 5.73 Å². The number of rotatable bonds is 5. The molecule has 0 aliphatic carbocycles. The summed E-state index contributed by atoms with van der Waals surface area (Å²) in [6.45, 7) is 0.604. The molecule has 3 N–H and O–H groups in total. The summed E-state index contributed by atoms with van der Waals surface area (Å²) in [6, 6.07) is 7.42. The van der Waals surface area contributed by atoms with Crippen molar-refractivity contribution < 1.29 is 9.53 Å². The molecule has 0 atom stereocenters. The third-order valence-electron chi connectivity index (χ3n) is 2.08. The highest BCUT2D eigenvalue weighted by atomic mass is 16.5. The highest BCUT2D eigenvalue weighted by Gasteiger charge is 1.96. The third-order valence-corrected chi connectivity index (χ3v) is 2.08. The van der Waals surface area contributed by atoms with Gasteiger partial charge < -0.3 is 15.8 Å². The van der Waals surface area contributed by atoms with Crippen molar-refractivity contribution in [1.82, 2.24) is 5.32 Å². The summed E-state index contributed by atoms with van der Waals surface area (Å²) >= 11 is 0. The smallest absolute Gasteiger partial charge is 0.312 e. The summed E-state index contributed by atoms with van der Waals surface area (Å²) in [5.74, 6) is 0.857. The van der Waals surface area contributed by atoms with Crippen molar-refractivity contribution in [3.63, 3.8) is 0 Å². The Morgan fingerprint density at radius 1 is 1.53 bits per heavy atom. The first-order chi connectivity index (χ1) is 7.22. The van der Waals surface area contributed by atoms with E-state index in [4.69, 9.17) is 10.5 Å². The van der Waals surface area contributed by atoms with Crippen molar-refractivity contribution in [2.45, 2.75) is 12.8 Å². The highest BCUT2D eigenvalue weighted by Crippen LogP contribution is 2.13. The normalized spacial score (nSPS) is 9.67. The van der Waals surface area contributed by atoms with Gasteiger partial charge in [0.2, 0.25) is 0 Å². The summed E-state index contributed by atoms with van der Waals surface area (Å²) in [5.41, 5.74) is 6.14. The summed E-state index contributed by atoms with van der Waals surface area (Å²) in [7, 11) is 1.65. The van der Waals surface area contributed by atoms with Crippen LogP contribution in [0.1, 0.15) is 12.0 Å². The Morgan fingerprint density at radius 3 is 3.00 bits per heavy atom. The van der Waals surface area contributed by atoms with Gasteiger partial charge in [0, 0.05) is 6.54 Å². The molecule has 0 aromatic heterocycles. The molecule has 0 aliphatic rings. The van der Waals surface area contributed by atoms with E-state index >= 15 is 0 Å². The molecule has 0 spiro atoms. The average Bonchev–Trinajstić information content (AvgIpc) is 2.24. The number of nitrogens with one attached hydrogen (secondary N) is 1. The predicted molar refractivity (Wildman–Crippen MR) is 58.9 cm³/mol. The van der Waals surface area contributed by atoms with Crippen LogP contribution in [0, 0.1) is 0 Å². The number of ether oxygens (including phenoxy) is 1. The van der Waals surface area contributed by atoms with Gasteiger partial charge in [-0.2, -0.15) is 0 Å². The first-order valence-electron chi connectivity index (χ1n) is 4.88. The van der Waals surface area contributed by atoms with E-state index in [0.717, 1.165) is 18.6 Å².